The summed E-state index contributed by atoms with van der Waals surface area (Å²) < 4.78 is 0. The van der Waals surface area contributed by atoms with Crippen LogP contribution in [0.3, 0.4) is 0 Å². The molecule has 2 aliphatic heterocycles. The number of nitrogens with two attached hydrogens (primary N) is 1. The van der Waals surface area contributed by atoms with Crippen molar-refractivity contribution in [2.45, 2.75) is 31.7 Å². The van der Waals surface area contributed by atoms with Gasteiger partial charge in [0, 0.05) is 31.4 Å². The predicted octanol–water partition coefficient (Wildman–Crippen LogP) is 1.98. The molecule has 2 fully saturated rings. The number of benzene rings is 1. The smallest absolute Gasteiger partial charge is 0.0314 e. The van der Waals surface area contributed by atoms with E-state index in [4.69, 9.17) is 5.73 Å². The van der Waals surface area contributed by atoms with Crippen molar-refractivity contribution >= 4 is 5.69 Å². The van der Waals surface area contributed by atoms with Gasteiger partial charge in [0.15, 0.2) is 0 Å². The van der Waals surface area contributed by atoms with Crippen LogP contribution in [0.25, 0.3) is 0 Å². The lowest BCUT2D eigenvalue weighted by Gasteiger charge is -2.37. The number of hydrogen-bond acceptors (Lipinski definition) is 3. The molecule has 0 bridgehead atoms. The lowest BCUT2D eigenvalue weighted by atomic mass is 10.1. The first-order valence-electron chi connectivity index (χ1n) is 7.62. The van der Waals surface area contributed by atoms with Crippen LogP contribution in [0.5, 0.6) is 0 Å². The maximum Gasteiger partial charge on any atom is 0.0314 e. The van der Waals surface area contributed by atoms with Gasteiger partial charge >= 0.3 is 0 Å². The summed E-state index contributed by atoms with van der Waals surface area (Å²) in [6, 6.07) is 9.18. The van der Waals surface area contributed by atoms with Crippen molar-refractivity contribution in [1.82, 2.24) is 9.80 Å². The van der Waals surface area contributed by atoms with Gasteiger partial charge in [0.2, 0.25) is 0 Å². The molecule has 1 atom stereocenters. The van der Waals surface area contributed by atoms with Gasteiger partial charge in [0.25, 0.3) is 0 Å². The molecule has 0 saturated carbocycles. The second-order valence-corrected chi connectivity index (χ2v) is 5.98. The van der Waals surface area contributed by atoms with Crippen LogP contribution in [0.15, 0.2) is 24.3 Å². The lowest BCUT2D eigenvalue weighted by molar-refractivity contribution is 0.104. The number of hydrogen-bond donors (Lipinski definition) is 1. The molecule has 0 aromatic heterocycles. The van der Waals surface area contributed by atoms with Crippen LogP contribution in [0.4, 0.5) is 5.69 Å². The average Bonchev–Trinajstić information content (AvgIpc) is 2.88. The number of aryl methyl sites for hydroxylation is 1. The van der Waals surface area contributed by atoms with E-state index < -0.39 is 0 Å². The van der Waals surface area contributed by atoms with Crippen molar-refractivity contribution in [2.75, 3.05) is 38.5 Å². The number of nitrogens with zero attached hydrogens (tertiary/aromatic N) is 2. The van der Waals surface area contributed by atoms with Gasteiger partial charge in [-0.2, -0.15) is 0 Å². The number of piperazine rings is 1. The third-order valence-corrected chi connectivity index (χ3v) is 4.59. The summed E-state index contributed by atoms with van der Waals surface area (Å²) in [7, 11) is 0. The maximum absolute atomic E-state index is 5.71. The van der Waals surface area contributed by atoms with Crippen molar-refractivity contribution in [3.63, 3.8) is 0 Å². The molecule has 1 aromatic rings. The Labute approximate surface area is 116 Å². The molecule has 3 nitrogen and oxygen atoms in total. The number of fused-ring (bicyclic) bond motifs is 1. The zero-order chi connectivity index (χ0) is 13.1. The predicted molar refractivity (Wildman–Crippen MR) is 80.2 cm³/mol. The fraction of sp³-hybridized carbons (Fsp3) is 0.625. The molecule has 3 rings (SSSR count). The van der Waals surface area contributed by atoms with E-state index in [9.17, 15) is 0 Å². The zero-order valence-electron chi connectivity index (χ0n) is 11.7. The van der Waals surface area contributed by atoms with Crippen LogP contribution in [-0.4, -0.2) is 48.6 Å². The van der Waals surface area contributed by atoms with Gasteiger partial charge in [-0.25, -0.2) is 0 Å². The molecule has 0 radical (unpaired) electrons. The Morgan fingerprint density at radius 2 is 1.95 bits per heavy atom. The standard InChI is InChI=1S/C16H25N3/c17-15-7-5-14(6-8-15)3-1-9-18-11-12-19-10-2-4-16(19)13-18/h5-8,16H,1-4,9-13,17H2. The normalized spacial score (nSPS) is 24.5. The van der Waals surface area contributed by atoms with Crippen molar-refractivity contribution in [3.05, 3.63) is 29.8 Å². The summed E-state index contributed by atoms with van der Waals surface area (Å²) in [5.41, 5.74) is 7.98. The first-order valence-corrected chi connectivity index (χ1v) is 7.62. The quantitative estimate of drug-likeness (QED) is 0.839. The summed E-state index contributed by atoms with van der Waals surface area (Å²) >= 11 is 0. The first kappa shape index (κ1) is 12.9. The second kappa shape index (κ2) is 5.93. The van der Waals surface area contributed by atoms with Crippen molar-refractivity contribution in [2.24, 2.45) is 0 Å². The highest BCUT2D eigenvalue weighted by Gasteiger charge is 2.29. The van der Waals surface area contributed by atoms with Crippen molar-refractivity contribution < 1.29 is 0 Å². The summed E-state index contributed by atoms with van der Waals surface area (Å²) in [5, 5.41) is 0. The van der Waals surface area contributed by atoms with Crippen molar-refractivity contribution in [3.8, 4) is 0 Å². The van der Waals surface area contributed by atoms with Crippen LogP contribution in [0, 0.1) is 0 Å². The Morgan fingerprint density at radius 1 is 1.11 bits per heavy atom. The Balaban J connectivity index is 1.41. The van der Waals surface area contributed by atoms with E-state index in [1.54, 1.807) is 0 Å². The van der Waals surface area contributed by atoms with Crippen LogP contribution in [0.2, 0.25) is 0 Å². The van der Waals surface area contributed by atoms with Gasteiger partial charge in [-0.15, -0.1) is 0 Å². The van der Waals surface area contributed by atoms with E-state index in [1.165, 1.54) is 64.0 Å². The molecule has 0 amide bonds. The average molecular weight is 259 g/mol. The minimum atomic E-state index is 0.852. The molecule has 104 valence electrons. The largest absolute Gasteiger partial charge is 0.399 e. The molecule has 2 saturated heterocycles. The van der Waals surface area contributed by atoms with E-state index in [0.717, 1.165) is 11.7 Å². The molecule has 2 N–H and O–H groups in total. The molecule has 1 aromatic carbocycles. The number of anilines is 1. The topological polar surface area (TPSA) is 32.5 Å². The highest BCUT2D eigenvalue weighted by atomic mass is 15.3. The second-order valence-electron chi connectivity index (χ2n) is 5.98. The van der Waals surface area contributed by atoms with Crippen LogP contribution < -0.4 is 5.73 Å². The van der Waals surface area contributed by atoms with E-state index in [2.05, 4.69) is 21.9 Å². The fourth-order valence-electron chi connectivity index (χ4n) is 3.45. The summed E-state index contributed by atoms with van der Waals surface area (Å²) in [6.07, 6.45) is 5.25. The van der Waals surface area contributed by atoms with E-state index in [1.807, 2.05) is 12.1 Å². The van der Waals surface area contributed by atoms with Crippen LogP contribution in [-0.2, 0) is 6.42 Å². The fourth-order valence-corrected chi connectivity index (χ4v) is 3.45. The third-order valence-electron chi connectivity index (χ3n) is 4.59. The molecule has 0 aliphatic carbocycles. The highest BCUT2D eigenvalue weighted by molar-refractivity contribution is 5.39. The van der Waals surface area contributed by atoms with Gasteiger partial charge in [0.1, 0.15) is 0 Å². The Kier molecular flexibility index (Phi) is 4.04. The molecular formula is C16H25N3. The molecule has 0 spiro atoms. The summed E-state index contributed by atoms with van der Waals surface area (Å²) in [4.78, 5) is 5.33. The van der Waals surface area contributed by atoms with E-state index in [-0.39, 0.29) is 0 Å². The molecule has 1 unspecified atom stereocenters. The van der Waals surface area contributed by atoms with Crippen LogP contribution in [0.1, 0.15) is 24.8 Å². The Hall–Kier alpha value is -1.06. The van der Waals surface area contributed by atoms with E-state index in [0.29, 0.717) is 0 Å². The molecule has 2 heterocycles. The van der Waals surface area contributed by atoms with Crippen LogP contribution >= 0.6 is 0 Å². The monoisotopic (exact) mass is 259 g/mol. The number of nitrogen functional groups attached to an aromatic ring is 1. The van der Waals surface area contributed by atoms with Gasteiger partial charge in [-0.1, -0.05) is 12.1 Å². The van der Waals surface area contributed by atoms with E-state index >= 15 is 0 Å². The zero-order valence-corrected chi connectivity index (χ0v) is 11.7. The van der Waals surface area contributed by atoms with Gasteiger partial charge in [-0.05, 0) is 56.5 Å². The van der Waals surface area contributed by atoms with Gasteiger partial charge in [-0.3, -0.25) is 4.90 Å². The maximum atomic E-state index is 5.71. The lowest BCUT2D eigenvalue weighted by Crippen LogP contribution is -2.50. The molecule has 2 aliphatic rings. The Bertz CT molecular complexity index is 401. The minimum Gasteiger partial charge on any atom is -0.399 e. The highest BCUT2D eigenvalue weighted by Crippen LogP contribution is 2.21. The molecule has 3 heteroatoms. The minimum absolute atomic E-state index is 0.852. The van der Waals surface area contributed by atoms with Gasteiger partial charge in [0.05, 0.1) is 0 Å². The number of rotatable bonds is 4. The van der Waals surface area contributed by atoms with Crippen molar-refractivity contribution in [1.29, 1.82) is 0 Å². The van der Waals surface area contributed by atoms with Gasteiger partial charge < -0.3 is 10.6 Å². The Morgan fingerprint density at radius 3 is 2.79 bits per heavy atom. The first-order chi connectivity index (χ1) is 9.31. The summed E-state index contributed by atoms with van der Waals surface area (Å²) in [6.45, 7) is 6.42. The molecular weight excluding hydrogens is 234 g/mol. The SMILES string of the molecule is Nc1ccc(CCCN2CCN3CCCC3C2)cc1. The summed E-state index contributed by atoms with van der Waals surface area (Å²) in [5.74, 6) is 0. The molecule has 19 heavy (non-hydrogen) atoms. The third kappa shape index (κ3) is 3.28.